The van der Waals surface area contributed by atoms with Crippen LogP contribution in [0.15, 0.2) is 48.5 Å². The van der Waals surface area contributed by atoms with Crippen molar-refractivity contribution < 1.29 is 19.1 Å². The topological polar surface area (TPSA) is 79.0 Å². The van der Waals surface area contributed by atoms with Gasteiger partial charge in [-0.15, -0.1) is 0 Å². The van der Waals surface area contributed by atoms with Crippen molar-refractivity contribution in [2.45, 2.75) is 44.9 Å². The maximum absolute atomic E-state index is 12.6. The quantitative estimate of drug-likeness (QED) is 0.578. The summed E-state index contributed by atoms with van der Waals surface area (Å²) in [5.41, 5.74) is 3.20. The minimum atomic E-state index is 0.0490. The molecular formula is C27H33N3O4. The molecule has 0 unspecified atom stereocenters. The molecule has 4 rings (SSSR count). The second-order valence-electron chi connectivity index (χ2n) is 8.92. The third kappa shape index (κ3) is 6.59. The number of carbonyl (C=O) groups is 3. The predicted molar refractivity (Wildman–Crippen MR) is 131 cm³/mol. The van der Waals surface area contributed by atoms with Crippen LogP contribution in [0.25, 0.3) is 0 Å². The van der Waals surface area contributed by atoms with E-state index in [1.807, 2.05) is 46.2 Å². The molecule has 1 N–H and O–H groups in total. The highest BCUT2D eigenvalue weighted by atomic mass is 16.5. The molecule has 180 valence electrons. The number of amides is 3. The lowest BCUT2D eigenvalue weighted by molar-refractivity contribution is -0.139. The van der Waals surface area contributed by atoms with Crippen LogP contribution in [0, 0.1) is 0 Å². The monoisotopic (exact) mass is 463 g/mol. The largest absolute Gasteiger partial charge is 0.494 e. The van der Waals surface area contributed by atoms with E-state index in [2.05, 4.69) is 17.4 Å². The summed E-state index contributed by atoms with van der Waals surface area (Å²) < 4.78 is 5.82. The number of nitrogens with one attached hydrogen (secondary N) is 1. The first-order valence-electron chi connectivity index (χ1n) is 12.2. The predicted octanol–water partition coefficient (Wildman–Crippen LogP) is 3.42. The number of hydrogen-bond donors (Lipinski definition) is 1. The average molecular weight is 464 g/mol. The molecule has 1 saturated heterocycles. The Morgan fingerprint density at radius 2 is 1.53 bits per heavy atom. The number of carbonyl (C=O) groups excluding carboxylic acids is 3. The maximum atomic E-state index is 12.6. The maximum Gasteiger partial charge on any atom is 0.224 e. The van der Waals surface area contributed by atoms with Gasteiger partial charge in [0.25, 0.3) is 0 Å². The number of anilines is 1. The van der Waals surface area contributed by atoms with Gasteiger partial charge in [-0.25, -0.2) is 0 Å². The van der Waals surface area contributed by atoms with E-state index in [1.165, 1.54) is 5.56 Å². The highest BCUT2D eigenvalue weighted by Gasteiger charge is 2.23. The minimum Gasteiger partial charge on any atom is -0.494 e. The van der Waals surface area contributed by atoms with Crippen LogP contribution in [0.3, 0.4) is 0 Å². The Kier molecular flexibility index (Phi) is 8.17. The zero-order valence-electron chi connectivity index (χ0n) is 19.6. The van der Waals surface area contributed by atoms with Crippen molar-refractivity contribution in [1.82, 2.24) is 9.80 Å². The molecule has 2 aliphatic rings. The summed E-state index contributed by atoms with van der Waals surface area (Å²) in [5.74, 6) is 1.11. The van der Waals surface area contributed by atoms with Crippen molar-refractivity contribution in [1.29, 1.82) is 0 Å². The third-order valence-electron chi connectivity index (χ3n) is 6.46. The van der Waals surface area contributed by atoms with Gasteiger partial charge in [0.05, 0.1) is 6.61 Å². The van der Waals surface area contributed by atoms with Crippen LogP contribution in [0.1, 0.15) is 43.2 Å². The second kappa shape index (κ2) is 11.7. The molecular weight excluding hydrogens is 430 g/mol. The van der Waals surface area contributed by atoms with Gasteiger partial charge in [-0.3, -0.25) is 14.4 Å². The van der Waals surface area contributed by atoms with Gasteiger partial charge in [0, 0.05) is 51.1 Å². The van der Waals surface area contributed by atoms with Crippen LogP contribution in [0.2, 0.25) is 0 Å². The Morgan fingerprint density at radius 3 is 2.24 bits per heavy atom. The SMILES string of the molecule is O=C1CCc2cc(OCCCC(=O)N3CCN(C(=O)CCCc4ccccc4)CC3)ccc2N1. The lowest BCUT2D eigenvalue weighted by Gasteiger charge is -2.35. The molecule has 1 fully saturated rings. The first kappa shape index (κ1) is 23.8. The number of aryl methyl sites for hydroxylation is 2. The number of rotatable bonds is 9. The Bertz CT molecular complexity index is 1000. The fraction of sp³-hybridized carbons (Fsp3) is 0.444. The number of nitrogens with zero attached hydrogens (tertiary/aromatic N) is 2. The van der Waals surface area contributed by atoms with Crippen molar-refractivity contribution >= 4 is 23.4 Å². The first-order valence-corrected chi connectivity index (χ1v) is 12.2. The standard InChI is InChI=1S/C27H33N3O4/c31-25-14-11-22-20-23(12-13-24(22)28-25)34-19-5-10-27(33)30-17-15-29(16-18-30)26(32)9-4-8-21-6-2-1-3-7-21/h1-3,6-7,12-13,20H,4-5,8-11,14-19H2,(H,28,31). The molecule has 0 bridgehead atoms. The summed E-state index contributed by atoms with van der Waals surface area (Å²) in [7, 11) is 0. The lowest BCUT2D eigenvalue weighted by atomic mass is 10.0. The summed E-state index contributed by atoms with van der Waals surface area (Å²) in [4.78, 5) is 40.3. The van der Waals surface area contributed by atoms with Crippen LogP contribution >= 0.6 is 0 Å². The normalized spacial score (nSPS) is 15.5. The summed E-state index contributed by atoms with van der Waals surface area (Å²) in [6.45, 7) is 2.88. The van der Waals surface area contributed by atoms with Crippen molar-refractivity contribution in [2.24, 2.45) is 0 Å². The summed E-state index contributed by atoms with van der Waals surface area (Å²) in [6, 6.07) is 15.9. The van der Waals surface area contributed by atoms with Gasteiger partial charge in [-0.2, -0.15) is 0 Å². The van der Waals surface area contributed by atoms with Gasteiger partial charge in [-0.1, -0.05) is 30.3 Å². The number of benzene rings is 2. The molecule has 7 nitrogen and oxygen atoms in total. The molecule has 0 radical (unpaired) electrons. The van der Waals surface area contributed by atoms with Gasteiger partial charge in [0.1, 0.15) is 5.75 Å². The summed E-state index contributed by atoms with van der Waals surface area (Å²) in [5, 5.41) is 2.86. The Hall–Kier alpha value is -3.35. The second-order valence-corrected chi connectivity index (χ2v) is 8.92. The van der Waals surface area contributed by atoms with Crippen LogP contribution < -0.4 is 10.1 Å². The van der Waals surface area contributed by atoms with Crippen molar-refractivity contribution in [3.63, 3.8) is 0 Å². The highest BCUT2D eigenvalue weighted by molar-refractivity contribution is 5.94. The molecule has 0 saturated carbocycles. The van der Waals surface area contributed by atoms with Gasteiger partial charge in [0.15, 0.2) is 0 Å². The van der Waals surface area contributed by atoms with E-state index >= 15 is 0 Å². The fourth-order valence-corrected chi connectivity index (χ4v) is 4.47. The van der Waals surface area contributed by atoms with E-state index in [9.17, 15) is 14.4 Å². The molecule has 0 spiro atoms. The van der Waals surface area contributed by atoms with E-state index in [4.69, 9.17) is 4.74 Å². The highest BCUT2D eigenvalue weighted by Crippen LogP contribution is 2.26. The summed E-state index contributed by atoms with van der Waals surface area (Å²) >= 11 is 0. The number of ether oxygens (including phenoxy) is 1. The van der Waals surface area contributed by atoms with Crippen LogP contribution in [-0.2, 0) is 27.2 Å². The average Bonchev–Trinajstić information content (AvgIpc) is 2.87. The molecule has 0 aromatic heterocycles. The lowest BCUT2D eigenvalue weighted by Crippen LogP contribution is -2.50. The zero-order chi connectivity index (χ0) is 23.8. The molecule has 34 heavy (non-hydrogen) atoms. The number of hydrogen-bond acceptors (Lipinski definition) is 4. The Labute approximate surface area is 201 Å². The fourth-order valence-electron chi connectivity index (χ4n) is 4.47. The molecule has 2 aromatic carbocycles. The van der Waals surface area contributed by atoms with E-state index in [-0.39, 0.29) is 17.7 Å². The molecule has 7 heteroatoms. The smallest absolute Gasteiger partial charge is 0.224 e. The van der Waals surface area contributed by atoms with Crippen LogP contribution in [0.5, 0.6) is 5.75 Å². The number of piperazine rings is 1. The molecule has 3 amide bonds. The molecule has 2 aromatic rings. The van der Waals surface area contributed by atoms with E-state index in [0.717, 1.165) is 36.3 Å². The van der Waals surface area contributed by atoms with E-state index in [0.29, 0.717) is 58.5 Å². The molecule has 0 atom stereocenters. The molecule has 0 aliphatic carbocycles. The summed E-state index contributed by atoms with van der Waals surface area (Å²) in [6.07, 6.45) is 4.61. The van der Waals surface area contributed by atoms with Crippen molar-refractivity contribution in [3.8, 4) is 5.75 Å². The van der Waals surface area contributed by atoms with E-state index < -0.39 is 0 Å². The third-order valence-corrected chi connectivity index (χ3v) is 6.46. The van der Waals surface area contributed by atoms with E-state index in [1.54, 1.807) is 0 Å². The zero-order valence-corrected chi connectivity index (χ0v) is 19.6. The van der Waals surface area contributed by atoms with Gasteiger partial charge in [-0.05, 0) is 55.0 Å². The van der Waals surface area contributed by atoms with Gasteiger partial charge < -0.3 is 19.9 Å². The van der Waals surface area contributed by atoms with Gasteiger partial charge in [0.2, 0.25) is 17.7 Å². The Morgan fingerprint density at radius 1 is 0.853 bits per heavy atom. The van der Waals surface area contributed by atoms with Crippen molar-refractivity contribution in [2.75, 3.05) is 38.1 Å². The molecule has 2 heterocycles. The molecule has 2 aliphatic heterocycles. The Balaban J connectivity index is 1.10. The van der Waals surface area contributed by atoms with Crippen LogP contribution in [0.4, 0.5) is 5.69 Å². The van der Waals surface area contributed by atoms with Gasteiger partial charge >= 0.3 is 0 Å². The first-order chi connectivity index (χ1) is 16.6. The minimum absolute atomic E-state index is 0.0490. The van der Waals surface area contributed by atoms with Crippen LogP contribution in [-0.4, -0.2) is 60.3 Å². The number of fused-ring (bicyclic) bond motifs is 1. The van der Waals surface area contributed by atoms with Crippen molar-refractivity contribution in [3.05, 3.63) is 59.7 Å².